The first-order chi connectivity index (χ1) is 18.2. The van der Waals surface area contributed by atoms with Gasteiger partial charge in [-0.3, -0.25) is 14.5 Å². The van der Waals surface area contributed by atoms with E-state index in [1.54, 1.807) is 0 Å². The van der Waals surface area contributed by atoms with Gasteiger partial charge in [-0.15, -0.1) is 0 Å². The maximum atomic E-state index is 13.6. The monoisotopic (exact) mass is 489 g/mol. The Hall–Kier alpha value is -3.96. The Kier molecular flexibility index (Phi) is 6.46. The van der Waals surface area contributed by atoms with Crippen LogP contribution in [0.3, 0.4) is 0 Å². The van der Waals surface area contributed by atoms with Crippen molar-refractivity contribution >= 4 is 38.4 Å². The fourth-order valence-electron chi connectivity index (χ4n) is 5.67. The SMILES string of the molecule is O=C(c1ccccc1)N1CCN(CCCCn2c(=O)c3ccccc3c3ccc4ccccc4c32)CC1. The van der Waals surface area contributed by atoms with Crippen molar-refractivity contribution in [3.8, 4) is 0 Å². The fraction of sp³-hybridized carbons (Fsp3) is 0.250. The number of benzene rings is 4. The predicted molar refractivity (Wildman–Crippen MR) is 151 cm³/mol. The number of hydrogen-bond donors (Lipinski definition) is 0. The van der Waals surface area contributed by atoms with E-state index in [-0.39, 0.29) is 11.5 Å². The number of aryl methyl sites for hydroxylation is 1. The summed E-state index contributed by atoms with van der Waals surface area (Å²) >= 11 is 0. The molecule has 1 aromatic heterocycles. The molecular formula is C32H31N3O2. The zero-order valence-corrected chi connectivity index (χ0v) is 21.0. The van der Waals surface area contributed by atoms with E-state index in [9.17, 15) is 9.59 Å². The van der Waals surface area contributed by atoms with Gasteiger partial charge in [0.15, 0.2) is 0 Å². The molecule has 5 heteroatoms. The number of aromatic nitrogens is 1. The van der Waals surface area contributed by atoms with Crippen LogP contribution < -0.4 is 5.56 Å². The number of amides is 1. The number of fused-ring (bicyclic) bond motifs is 5. The summed E-state index contributed by atoms with van der Waals surface area (Å²) in [7, 11) is 0. The predicted octanol–water partition coefficient (Wildman–Crippen LogP) is 5.55. The standard InChI is InChI=1S/C32H31N3O2/c36-31(25-11-2-1-3-12-25)34-22-20-33(21-23-34)18-8-9-19-35-30-26-13-5-4-10-24(26)16-17-28(30)27-14-6-7-15-29(27)32(35)37/h1-7,10-17H,8-9,18-23H2. The second kappa shape index (κ2) is 10.2. The van der Waals surface area contributed by atoms with Crippen molar-refractivity contribution in [2.45, 2.75) is 19.4 Å². The second-order valence-electron chi connectivity index (χ2n) is 9.89. The molecule has 4 aromatic carbocycles. The van der Waals surface area contributed by atoms with Crippen LogP contribution in [0.2, 0.25) is 0 Å². The maximum Gasteiger partial charge on any atom is 0.258 e. The molecule has 0 saturated carbocycles. The van der Waals surface area contributed by atoms with E-state index >= 15 is 0 Å². The normalized spacial score (nSPS) is 14.5. The van der Waals surface area contributed by atoms with Gasteiger partial charge in [-0.2, -0.15) is 0 Å². The average molecular weight is 490 g/mol. The number of carbonyl (C=O) groups is 1. The van der Waals surface area contributed by atoms with Gasteiger partial charge in [0.1, 0.15) is 0 Å². The molecule has 5 nitrogen and oxygen atoms in total. The Bertz CT molecular complexity index is 1630. The number of rotatable bonds is 6. The number of nitrogens with zero attached hydrogens (tertiary/aromatic N) is 3. The topological polar surface area (TPSA) is 45.6 Å². The van der Waals surface area contributed by atoms with Crippen LogP contribution in [0.4, 0.5) is 0 Å². The molecule has 2 heterocycles. The molecule has 186 valence electrons. The molecule has 0 bridgehead atoms. The molecule has 0 radical (unpaired) electrons. The highest BCUT2D eigenvalue weighted by Crippen LogP contribution is 2.29. The molecule has 0 spiro atoms. The minimum Gasteiger partial charge on any atom is -0.336 e. The Balaban J connectivity index is 1.16. The van der Waals surface area contributed by atoms with Crippen LogP contribution in [0.15, 0.2) is 95.8 Å². The van der Waals surface area contributed by atoms with Gasteiger partial charge in [-0.05, 0) is 48.4 Å². The number of pyridine rings is 1. The van der Waals surface area contributed by atoms with Gasteiger partial charge in [0.25, 0.3) is 11.5 Å². The van der Waals surface area contributed by atoms with E-state index in [0.29, 0.717) is 6.54 Å². The van der Waals surface area contributed by atoms with Crippen molar-refractivity contribution in [2.75, 3.05) is 32.7 Å². The van der Waals surface area contributed by atoms with Gasteiger partial charge in [-0.1, -0.05) is 72.8 Å². The van der Waals surface area contributed by atoms with Gasteiger partial charge in [0.05, 0.1) is 5.52 Å². The molecule has 1 amide bonds. The van der Waals surface area contributed by atoms with Crippen molar-refractivity contribution < 1.29 is 4.79 Å². The minimum atomic E-state index is 0.0903. The van der Waals surface area contributed by atoms with Gasteiger partial charge in [0.2, 0.25) is 0 Å². The van der Waals surface area contributed by atoms with Crippen LogP contribution in [0.1, 0.15) is 23.2 Å². The minimum absolute atomic E-state index is 0.0903. The molecule has 0 aliphatic carbocycles. The van der Waals surface area contributed by atoms with E-state index < -0.39 is 0 Å². The highest BCUT2D eigenvalue weighted by molar-refractivity contribution is 6.15. The van der Waals surface area contributed by atoms with E-state index in [2.05, 4.69) is 35.2 Å². The van der Waals surface area contributed by atoms with E-state index in [1.807, 2.05) is 70.1 Å². The lowest BCUT2D eigenvalue weighted by molar-refractivity contribution is 0.0635. The Labute approximate surface area is 216 Å². The van der Waals surface area contributed by atoms with Crippen LogP contribution in [0.5, 0.6) is 0 Å². The smallest absolute Gasteiger partial charge is 0.258 e. The number of unbranched alkanes of at least 4 members (excludes halogenated alkanes) is 1. The summed E-state index contributed by atoms with van der Waals surface area (Å²) in [6.07, 6.45) is 1.94. The second-order valence-corrected chi connectivity index (χ2v) is 9.89. The van der Waals surface area contributed by atoms with Gasteiger partial charge in [-0.25, -0.2) is 0 Å². The van der Waals surface area contributed by atoms with Crippen molar-refractivity contribution in [2.24, 2.45) is 0 Å². The zero-order chi connectivity index (χ0) is 25.2. The lowest BCUT2D eigenvalue weighted by atomic mass is 10.0. The molecular weight excluding hydrogens is 458 g/mol. The highest BCUT2D eigenvalue weighted by Gasteiger charge is 2.21. The van der Waals surface area contributed by atoms with Crippen LogP contribution in [0.25, 0.3) is 32.4 Å². The highest BCUT2D eigenvalue weighted by atomic mass is 16.2. The zero-order valence-electron chi connectivity index (χ0n) is 21.0. The third-order valence-corrected chi connectivity index (χ3v) is 7.65. The summed E-state index contributed by atoms with van der Waals surface area (Å²) in [4.78, 5) is 30.7. The number of piperazine rings is 1. The molecule has 0 atom stereocenters. The van der Waals surface area contributed by atoms with Crippen LogP contribution in [0, 0.1) is 0 Å². The van der Waals surface area contributed by atoms with Gasteiger partial charge < -0.3 is 9.47 Å². The quantitative estimate of drug-likeness (QED) is 0.232. The molecule has 5 aromatic rings. The molecule has 0 N–H and O–H groups in total. The molecule has 1 saturated heterocycles. The van der Waals surface area contributed by atoms with Crippen molar-refractivity contribution in [3.63, 3.8) is 0 Å². The lowest BCUT2D eigenvalue weighted by Gasteiger charge is -2.34. The van der Waals surface area contributed by atoms with Crippen molar-refractivity contribution in [1.82, 2.24) is 14.4 Å². The molecule has 1 aliphatic rings. The molecule has 1 fully saturated rings. The summed E-state index contributed by atoms with van der Waals surface area (Å²) in [5, 5.41) is 5.22. The van der Waals surface area contributed by atoms with Crippen LogP contribution in [-0.4, -0.2) is 53.0 Å². The summed E-state index contributed by atoms with van der Waals surface area (Å²) in [6.45, 7) is 4.97. The molecule has 1 aliphatic heterocycles. The summed E-state index contributed by atoms with van der Waals surface area (Å²) in [6, 6.07) is 30.1. The van der Waals surface area contributed by atoms with Crippen LogP contribution >= 0.6 is 0 Å². The molecule has 0 unspecified atom stereocenters. The van der Waals surface area contributed by atoms with Gasteiger partial charge >= 0.3 is 0 Å². The first-order valence-corrected chi connectivity index (χ1v) is 13.2. The molecule has 6 rings (SSSR count). The largest absolute Gasteiger partial charge is 0.336 e. The summed E-state index contributed by atoms with van der Waals surface area (Å²) in [5.41, 5.74) is 1.89. The lowest BCUT2D eigenvalue weighted by Crippen LogP contribution is -2.48. The first-order valence-electron chi connectivity index (χ1n) is 13.2. The fourth-order valence-corrected chi connectivity index (χ4v) is 5.67. The third-order valence-electron chi connectivity index (χ3n) is 7.65. The van der Waals surface area contributed by atoms with E-state index in [1.165, 1.54) is 0 Å². The Morgan fingerprint density at radius 2 is 1.27 bits per heavy atom. The first kappa shape index (κ1) is 23.4. The molecule has 37 heavy (non-hydrogen) atoms. The average Bonchev–Trinajstić information content (AvgIpc) is 2.97. The van der Waals surface area contributed by atoms with E-state index in [0.717, 1.165) is 83.6 Å². The number of hydrogen-bond acceptors (Lipinski definition) is 3. The summed E-state index contributed by atoms with van der Waals surface area (Å²) in [5.74, 6) is 0.120. The Morgan fingerprint density at radius 3 is 2.05 bits per heavy atom. The van der Waals surface area contributed by atoms with Crippen molar-refractivity contribution in [3.05, 3.63) is 107 Å². The van der Waals surface area contributed by atoms with E-state index in [4.69, 9.17) is 0 Å². The Morgan fingerprint density at radius 1 is 0.622 bits per heavy atom. The third kappa shape index (κ3) is 4.51. The van der Waals surface area contributed by atoms with Crippen molar-refractivity contribution in [1.29, 1.82) is 0 Å². The van der Waals surface area contributed by atoms with Gasteiger partial charge in [0, 0.05) is 54.4 Å². The summed E-state index contributed by atoms with van der Waals surface area (Å²) < 4.78 is 2.00. The maximum absolute atomic E-state index is 13.6. The number of carbonyl (C=O) groups excluding carboxylic acids is 1. The van der Waals surface area contributed by atoms with Crippen LogP contribution in [-0.2, 0) is 6.54 Å².